The van der Waals surface area contributed by atoms with Crippen molar-refractivity contribution < 1.29 is 0 Å². The van der Waals surface area contributed by atoms with Crippen LogP contribution in [-0.2, 0) is 6.42 Å². The molecule has 0 fully saturated rings. The Morgan fingerprint density at radius 3 is 2.82 bits per heavy atom. The van der Waals surface area contributed by atoms with E-state index in [1.807, 2.05) is 41.8 Å². The van der Waals surface area contributed by atoms with Gasteiger partial charge < -0.3 is 15.5 Å². The minimum atomic E-state index is -0.378. The molecule has 5 rings (SSSR count). The molecule has 0 amide bonds. The summed E-state index contributed by atoms with van der Waals surface area (Å²) in [4.78, 5) is 21.8. The molecule has 1 unspecified atom stereocenters. The van der Waals surface area contributed by atoms with E-state index in [1.165, 1.54) is 6.33 Å². The molecule has 0 saturated heterocycles. The summed E-state index contributed by atoms with van der Waals surface area (Å²) in [6.45, 7) is 1.93. The molecule has 1 aromatic carbocycles. The van der Waals surface area contributed by atoms with Crippen molar-refractivity contribution in [3.8, 4) is 11.4 Å². The number of aromatic amines is 1. The van der Waals surface area contributed by atoms with Gasteiger partial charge in [0.2, 0.25) is 11.9 Å². The third-order valence-electron chi connectivity index (χ3n) is 5.15. The van der Waals surface area contributed by atoms with Crippen LogP contribution in [-0.4, -0.2) is 39.5 Å². The fourth-order valence-corrected chi connectivity index (χ4v) is 3.92. The lowest BCUT2D eigenvalue weighted by atomic mass is 10.1. The van der Waals surface area contributed by atoms with Crippen molar-refractivity contribution in [1.29, 1.82) is 0 Å². The Morgan fingerprint density at radius 2 is 2.00 bits per heavy atom. The highest BCUT2D eigenvalue weighted by Crippen LogP contribution is 2.30. The number of H-pyrrole nitrogens is 1. The van der Waals surface area contributed by atoms with E-state index in [0.717, 1.165) is 22.5 Å². The second-order valence-corrected chi connectivity index (χ2v) is 8.13. The minimum Gasteiger partial charge on any atom is -0.368 e. The number of nitrogen functional groups attached to an aromatic ring is 1. The van der Waals surface area contributed by atoms with Gasteiger partial charge in [0.05, 0.1) is 27.8 Å². The van der Waals surface area contributed by atoms with Crippen molar-refractivity contribution in [2.24, 2.45) is 0 Å². The predicted molar refractivity (Wildman–Crippen MR) is 126 cm³/mol. The van der Waals surface area contributed by atoms with Crippen molar-refractivity contribution in [2.45, 2.75) is 19.4 Å². The Labute approximate surface area is 198 Å². The number of aryl methyl sites for hydroxylation is 1. The number of fused-ring (bicyclic) bond motifs is 1. The number of hydrogen-bond donors (Lipinski definition) is 3. The van der Waals surface area contributed by atoms with Crippen molar-refractivity contribution in [1.82, 2.24) is 39.5 Å². The van der Waals surface area contributed by atoms with Crippen LogP contribution in [0.2, 0.25) is 10.0 Å². The number of imidazole rings is 1. The number of anilines is 2. The maximum atomic E-state index is 6.41. The van der Waals surface area contributed by atoms with Crippen LogP contribution in [0.4, 0.5) is 11.9 Å². The van der Waals surface area contributed by atoms with Crippen molar-refractivity contribution in [3.05, 3.63) is 76.3 Å². The first-order valence-corrected chi connectivity index (χ1v) is 10.7. The van der Waals surface area contributed by atoms with Gasteiger partial charge in [-0.1, -0.05) is 35.3 Å². The van der Waals surface area contributed by atoms with Crippen LogP contribution < -0.4 is 11.1 Å². The first kappa shape index (κ1) is 21.1. The number of benzene rings is 1. The molecule has 0 spiro atoms. The molecule has 0 aliphatic heterocycles. The number of pyridine rings is 1. The molecule has 4 aromatic heterocycles. The Bertz CT molecular complexity index is 1430. The van der Waals surface area contributed by atoms with Gasteiger partial charge in [-0.25, -0.2) is 9.97 Å². The lowest BCUT2D eigenvalue weighted by molar-refractivity contribution is 0.707. The SMILES string of the molecule is Cc1ncc2ccc(-c3nc(N)nc(NC(Cc4cccc(Cl)c4Cl)c4ncn[nH]4)n3)cn12. The first-order chi connectivity index (χ1) is 16.0. The molecule has 33 heavy (non-hydrogen) atoms. The van der Waals surface area contributed by atoms with Crippen molar-refractivity contribution >= 4 is 40.6 Å². The lowest BCUT2D eigenvalue weighted by Crippen LogP contribution is -2.18. The Kier molecular flexibility index (Phi) is 5.53. The topological polar surface area (TPSA) is 136 Å². The number of rotatable bonds is 6. The molecule has 0 aliphatic carbocycles. The van der Waals surface area contributed by atoms with Crippen molar-refractivity contribution in [2.75, 3.05) is 11.1 Å². The van der Waals surface area contributed by atoms with Gasteiger partial charge >= 0.3 is 0 Å². The molecule has 4 heterocycles. The highest BCUT2D eigenvalue weighted by Gasteiger charge is 2.20. The maximum absolute atomic E-state index is 6.41. The molecular weight excluding hydrogens is 463 g/mol. The van der Waals surface area contributed by atoms with Crippen LogP contribution in [0, 0.1) is 6.92 Å². The Morgan fingerprint density at radius 1 is 1.12 bits per heavy atom. The third kappa shape index (κ3) is 4.30. The van der Waals surface area contributed by atoms with Gasteiger partial charge in [-0.05, 0) is 30.7 Å². The molecule has 0 bridgehead atoms. The standard InChI is InChI=1S/C21H18Cl2N10/c1-11-25-8-14-6-5-13(9-33(11)14)18-29-20(24)31-21(30-18)28-16(19-26-10-27-32-19)7-12-3-2-4-15(22)17(12)23/h2-6,8-10,16H,7H2,1H3,(H,26,27,32)(H3,24,28,29,30,31). The zero-order valence-corrected chi connectivity index (χ0v) is 18.9. The zero-order chi connectivity index (χ0) is 22.9. The van der Waals surface area contributed by atoms with Crippen LogP contribution >= 0.6 is 23.2 Å². The molecule has 1 atom stereocenters. The fraction of sp³-hybridized carbons (Fsp3) is 0.143. The smallest absolute Gasteiger partial charge is 0.228 e. The van der Waals surface area contributed by atoms with E-state index in [2.05, 4.69) is 40.4 Å². The zero-order valence-electron chi connectivity index (χ0n) is 17.4. The maximum Gasteiger partial charge on any atom is 0.228 e. The van der Waals surface area contributed by atoms with Gasteiger partial charge in [0.1, 0.15) is 18.0 Å². The van der Waals surface area contributed by atoms with Gasteiger partial charge in [0.15, 0.2) is 5.82 Å². The summed E-state index contributed by atoms with van der Waals surface area (Å²) in [5, 5.41) is 11.1. The van der Waals surface area contributed by atoms with E-state index in [0.29, 0.717) is 34.1 Å². The van der Waals surface area contributed by atoms with E-state index in [-0.39, 0.29) is 12.0 Å². The number of nitrogens with one attached hydrogen (secondary N) is 2. The second-order valence-electron chi connectivity index (χ2n) is 7.34. The summed E-state index contributed by atoms with van der Waals surface area (Å²) in [6.07, 6.45) is 5.60. The summed E-state index contributed by atoms with van der Waals surface area (Å²) < 4.78 is 1.96. The number of aromatic nitrogens is 8. The molecule has 12 heteroatoms. The van der Waals surface area contributed by atoms with Crippen LogP contribution in [0.5, 0.6) is 0 Å². The summed E-state index contributed by atoms with van der Waals surface area (Å²) in [6, 6.07) is 8.96. The van der Waals surface area contributed by atoms with Gasteiger partial charge in [-0.15, -0.1) is 0 Å². The Balaban J connectivity index is 1.50. The average molecular weight is 481 g/mol. The van der Waals surface area contributed by atoms with Crippen LogP contribution in [0.15, 0.2) is 49.1 Å². The molecule has 0 saturated carbocycles. The average Bonchev–Trinajstić information content (AvgIpc) is 3.46. The molecule has 4 N–H and O–H groups in total. The van der Waals surface area contributed by atoms with Crippen molar-refractivity contribution in [3.63, 3.8) is 0 Å². The summed E-state index contributed by atoms with van der Waals surface area (Å²) >= 11 is 12.6. The monoisotopic (exact) mass is 480 g/mol. The molecule has 0 radical (unpaired) electrons. The molecule has 5 aromatic rings. The highest BCUT2D eigenvalue weighted by atomic mass is 35.5. The molecule has 166 valence electrons. The number of hydrogen-bond acceptors (Lipinski definition) is 8. The molecule has 0 aliphatic rings. The quantitative estimate of drug-likeness (QED) is 0.332. The molecular formula is C21H18Cl2N10. The van der Waals surface area contributed by atoms with E-state index < -0.39 is 0 Å². The number of nitrogens with two attached hydrogens (primary N) is 1. The third-order valence-corrected chi connectivity index (χ3v) is 6.00. The lowest BCUT2D eigenvalue weighted by Gasteiger charge is -2.18. The predicted octanol–water partition coefficient (Wildman–Crippen LogP) is 3.90. The Hall–Kier alpha value is -3.76. The summed E-state index contributed by atoms with van der Waals surface area (Å²) in [7, 11) is 0. The summed E-state index contributed by atoms with van der Waals surface area (Å²) in [5.41, 5.74) is 8.59. The van der Waals surface area contributed by atoms with Crippen LogP contribution in [0.3, 0.4) is 0 Å². The summed E-state index contributed by atoms with van der Waals surface area (Å²) in [5.74, 6) is 2.25. The van der Waals surface area contributed by atoms with Gasteiger partial charge in [-0.3, -0.25) is 5.10 Å². The van der Waals surface area contributed by atoms with Crippen LogP contribution in [0.1, 0.15) is 23.3 Å². The van der Waals surface area contributed by atoms with E-state index in [9.17, 15) is 0 Å². The van der Waals surface area contributed by atoms with Gasteiger partial charge in [0.25, 0.3) is 0 Å². The number of nitrogens with zero attached hydrogens (tertiary/aromatic N) is 7. The van der Waals surface area contributed by atoms with Crippen LogP contribution in [0.25, 0.3) is 16.9 Å². The number of halogens is 2. The normalized spacial score (nSPS) is 12.2. The fourth-order valence-electron chi connectivity index (χ4n) is 3.52. The second kappa shape index (κ2) is 8.64. The van der Waals surface area contributed by atoms with E-state index in [4.69, 9.17) is 28.9 Å². The largest absolute Gasteiger partial charge is 0.368 e. The van der Waals surface area contributed by atoms with E-state index in [1.54, 1.807) is 12.3 Å². The van der Waals surface area contributed by atoms with E-state index >= 15 is 0 Å². The minimum absolute atomic E-state index is 0.0852. The first-order valence-electron chi connectivity index (χ1n) is 9.98. The van der Waals surface area contributed by atoms with Gasteiger partial charge in [0, 0.05) is 18.2 Å². The molecule has 10 nitrogen and oxygen atoms in total. The highest BCUT2D eigenvalue weighted by molar-refractivity contribution is 6.42. The van der Waals surface area contributed by atoms with Gasteiger partial charge in [-0.2, -0.15) is 20.1 Å².